The maximum Gasteiger partial charge on any atom is 0.131 e. The van der Waals surface area contributed by atoms with Crippen molar-refractivity contribution in [2.45, 2.75) is 0 Å². The summed E-state index contributed by atoms with van der Waals surface area (Å²) < 4.78 is 0. The zero-order valence-corrected chi connectivity index (χ0v) is 12.6. The van der Waals surface area contributed by atoms with Crippen molar-refractivity contribution in [2.75, 3.05) is 0 Å². The molecule has 0 amide bonds. The number of benzene rings is 2. The Labute approximate surface area is 139 Å². The number of phenolic OH excluding ortho intramolecular Hbond substituents is 2. The Bertz CT molecular complexity index is 871. The summed E-state index contributed by atoms with van der Waals surface area (Å²) in [5.41, 5.74) is 2.65. The highest BCUT2D eigenvalue weighted by atomic mass is 16.3. The Morgan fingerprint density at radius 1 is 0.542 bits per heavy atom. The first-order valence-corrected chi connectivity index (χ1v) is 7.13. The van der Waals surface area contributed by atoms with Gasteiger partial charge in [0.1, 0.15) is 22.9 Å². The number of nitrogens with zero attached hydrogens (tertiary/aromatic N) is 2. The average Bonchev–Trinajstić information content (AvgIpc) is 2.62. The van der Waals surface area contributed by atoms with Gasteiger partial charge in [-0.3, -0.25) is 0 Å². The van der Waals surface area contributed by atoms with Crippen molar-refractivity contribution in [3.63, 3.8) is 0 Å². The maximum absolute atomic E-state index is 9.22. The second-order valence-corrected chi connectivity index (χ2v) is 4.88. The van der Waals surface area contributed by atoms with Gasteiger partial charge in [-0.2, -0.15) is 0 Å². The molecule has 4 nitrogen and oxygen atoms in total. The van der Waals surface area contributed by atoms with Gasteiger partial charge in [-0.1, -0.05) is 11.8 Å². The summed E-state index contributed by atoms with van der Waals surface area (Å²) in [6.45, 7) is 0. The zero-order valence-electron chi connectivity index (χ0n) is 12.6. The second-order valence-electron chi connectivity index (χ2n) is 4.88. The number of hydrogen-bond donors (Lipinski definition) is 2. The van der Waals surface area contributed by atoms with Gasteiger partial charge >= 0.3 is 0 Å². The predicted molar refractivity (Wildman–Crippen MR) is 90.2 cm³/mol. The van der Waals surface area contributed by atoms with Gasteiger partial charge in [-0.25, -0.2) is 9.97 Å². The zero-order chi connectivity index (χ0) is 16.8. The van der Waals surface area contributed by atoms with Crippen LogP contribution in [0.4, 0.5) is 0 Å². The fourth-order valence-electron chi connectivity index (χ4n) is 1.82. The molecular weight excluding hydrogens is 300 g/mol. The van der Waals surface area contributed by atoms with Crippen molar-refractivity contribution in [3.05, 3.63) is 83.4 Å². The lowest BCUT2D eigenvalue weighted by molar-refractivity contribution is 0.474. The summed E-state index contributed by atoms with van der Waals surface area (Å²) >= 11 is 0. The third-order valence-electron chi connectivity index (χ3n) is 3.06. The van der Waals surface area contributed by atoms with Crippen molar-refractivity contribution in [1.82, 2.24) is 9.97 Å². The molecule has 1 aromatic heterocycles. The number of aromatic hydroxyl groups is 2. The molecule has 4 heteroatoms. The van der Waals surface area contributed by atoms with Crippen molar-refractivity contribution >= 4 is 0 Å². The van der Waals surface area contributed by atoms with E-state index >= 15 is 0 Å². The van der Waals surface area contributed by atoms with Crippen molar-refractivity contribution in [1.29, 1.82) is 0 Å². The molecule has 0 radical (unpaired) electrons. The van der Waals surface area contributed by atoms with E-state index in [2.05, 4.69) is 33.6 Å². The minimum Gasteiger partial charge on any atom is -0.508 e. The molecule has 3 aromatic rings. The SMILES string of the molecule is Oc1ccc(C#Cc2cnc(C#Cc3ccc(O)cc3)cn2)cc1. The lowest BCUT2D eigenvalue weighted by Crippen LogP contribution is -1.89. The van der Waals surface area contributed by atoms with E-state index < -0.39 is 0 Å². The highest BCUT2D eigenvalue weighted by Crippen LogP contribution is 2.09. The van der Waals surface area contributed by atoms with E-state index in [1.807, 2.05) is 0 Å². The van der Waals surface area contributed by atoms with Gasteiger partial charge in [0.05, 0.1) is 12.4 Å². The maximum atomic E-state index is 9.22. The molecule has 0 bridgehead atoms. The van der Waals surface area contributed by atoms with Crippen LogP contribution in [0.25, 0.3) is 0 Å². The highest BCUT2D eigenvalue weighted by Gasteiger charge is 1.93. The van der Waals surface area contributed by atoms with Crippen LogP contribution in [0.2, 0.25) is 0 Å². The summed E-state index contributed by atoms with van der Waals surface area (Å²) in [6.07, 6.45) is 3.13. The summed E-state index contributed by atoms with van der Waals surface area (Å²) in [5.74, 6) is 12.1. The third kappa shape index (κ3) is 4.13. The second kappa shape index (κ2) is 7.00. The molecule has 2 N–H and O–H groups in total. The van der Waals surface area contributed by atoms with Crippen LogP contribution in [0, 0.1) is 23.7 Å². The van der Waals surface area contributed by atoms with Crippen LogP contribution in [0.1, 0.15) is 22.5 Å². The van der Waals surface area contributed by atoms with Crippen molar-refractivity contribution < 1.29 is 10.2 Å². The molecular formula is C20H12N2O2. The standard InChI is InChI=1S/C20H12N2O2/c23-19-9-3-15(4-10-19)1-7-17-13-22-18(14-21-17)8-2-16-5-11-20(24)12-6-16/h3-6,9-14,23-24H. The van der Waals surface area contributed by atoms with E-state index in [0.29, 0.717) is 11.4 Å². The molecule has 0 aliphatic rings. The molecule has 0 saturated heterocycles. The van der Waals surface area contributed by atoms with E-state index in [1.165, 1.54) is 0 Å². The Morgan fingerprint density at radius 2 is 0.917 bits per heavy atom. The fourth-order valence-corrected chi connectivity index (χ4v) is 1.82. The Kier molecular flexibility index (Phi) is 4.42. The van der Waals surface area contributed by atoms with Gasteiger partial charge in [0.15, 0.2) is 0 Å². The van der Waals surface area contributed by atoms with Gasteiger partial charge in [0.2, 0.25) is 0 Å². The molecule has 0 atom stereocenters. The lowest BCUT2D eigenvalue weighted by Gasteiger charge is -1.93. The average molecular weight is 312 g/mol. The Balaban J connectivity index is 1.72. The van der Waals surface area contributed by atoms with Crippen molar-refractivity contribution in [2.24, 2.45) is 0 Å². The van der Waals surface area contributed by atoms with Crippen LogP contribution >= 0.6 is 0 Å². The van der Waals surface area contributed by atoms with Crippen LogP contribution in [0.3, 0.4) is 0 Å². The number of hydrogen-bond acceptors (Lipinski definition) is 4. The molecule has 1 heterocycles. The van der Waals surface area contributed by atoms with E-state index in [4.69, 9.17) is 0 Å². The summed E-state index contributed by atoms with van der Waals surface area (Å²) in [7, 11) is 0. The van der Waals surface area contributed by atoms with Crippen LogP contribution in [-0.2, 0) is 0 Å². The van der Waals surface area contributed by atoms with Gasteiger partial charge in [0.25, 0.3) is 0 Å². The largest absolute Gasteiger partial charge is 0.508 e. The summed E-state index contributed by atoms with van der Waals surface area (Å²) in [4.78, 5) is 8.42. The minimum absolute atomic E-state index is 0.205. The normalized spacial score (nSPS) is 9.33. The van der Waals surface area contributed by atoms with E-state index in [1.54, 1.807) is 60.9 Å². The molecule has 0 saturated carbocycles. The molecule has 2 aromatic carbocycles. The molecule has 114 valence electrons. The number of rotatable bonds is 0. The molecule has 0 aliphatic carbocycles. The van der Waals surface area contributed by atoms with Crippen LogP contribution in [0.15, 0.2) is 60.9 Å². The van der Waals surface area contributed by atoms with Crippen LogP contribution in [-0.4, -0.2) is 20.2 Å². The summed E-state index contributed by atoms with van der Waals surface area (Å²) in [6, 6.07) is 13.2. The van der Waals surface area contributed by atoms with E-state index in [0.717, 1.165) is 11.1 Å². The van der Waals surface area contributed by atoms with Gasteiger partial charge in [0, 0.05) is 11.1 Å². The highest BCUT2D eigenvalue weighted by molar-refractivity contribution is 5.43. The topological polar surface area (TPSA) is 66.2 Å². The first-order valence-electron chi connectivity index (χ1n) is 7.13. The smallest absolute Gasteiger partial charge is 0.131 e. The van der Waals surface area contributed by atoms with Crippen molar-refractivity contribution in [3.8, 4) is 35.2 Å². The number of aromatic nitrogens is 2. The van der Waals surface area contributed by atoms with E-state index in [-0.39, 0.29) is 11.5 Å². The Morgan fingerprint density at radius 3 is 1.25 bits per heavy atom. The van der Waals surface area contributed by atoms with Gasteiger partial charge < -0.3 is 10.2 Å². The molecule has 24 heavy (non-hydrogen) atoms. The van der Waals surface area contributed by atoms with E-state index in [9.17, 15) is 10.2 Å². The summed E-state index contributed by atoms with van der Waals surface area (Å²) in [5, 5.41) is 18.4. The first kappa shape index (κ1) is 15.1. The lowest BCUT2D eigenvalue weighted by atomic mass is 10.2. The van der Waals surface area contributed by atoms with Gasteiger partial charge in [-0.05, 0) is 60.4 Å². The minimum atomic E-state index is 0.205. The van der Waals surface area contributed by atoms with Crippen LogP contribution in [0.5, 0.6) is 11.5 Å². The molecule has 0 fully saturated rings. The number of phenols is 2. The monoisotopic (exact) mass is 312 g/mol. The predicted octanol–water partition coefficient (Wildman–Crippen LogP) is 2.69. The molecule has 0 aliphatic heterocycles. The molecule has 3 rings (SSSR count). The van der Waals surface area contributed by atoms with Crippen LogP contribution < -0.4 is 0 Å². The molecule has 0 spiro atoms. The van der Waals surface area contributed by atoms with Gasteiger partial charge in [-0.15, -0.1) is 0 Å². The quantitative estimate of drug-likeness (QED) is 0.626. The first-order chi connectivity index (χ1) is 11.7. The fraction of sp³-hybridized carbons (Fsp3) is 0. The third-order valence-corrected chi connectivity index (χ3v) is 3.06. The molecule has 0 unspecified atom stereocenters. The Hall–Kier alpha value is -3.76.